The van der Waals surface area contributed by atoms with Crippen LogP contribution in [-0.2, 0) is 0 Å². The summed E-state index contributed by atoms with van der Waals surface area (Å²) in [6.45, 7) is 4.04. The fourth-order valence-electron chi connectivity index (χ4n) is 1.92. The second kappa shape index (κ2) is 6.19. The van der Waals surface area contributed by atoms with E-state index in [1.54, 1.807) is 30.3 Å². The molecule has 0 aliphatic heterocycles. The molecule has 1 heterocycles. The summed E-state index contributed by atoms with van der Waals surface area (Å²) in [5, 5.41) is 3.20. The van der Waals surface area contributed by atoms with Crippen LogP contribution in [0.15, 0.2) is 48.7 Å². The fourth-order valence-corrected chi connectivity index (χ4v) is 1.92. The SMILES string of the molecule is CC(C)Nc1ncccc1C(=O)N(C)c1ccccc1. The van der Waals surface area contributed by atoms with Gasteiger partial charge in [0.1, 0.15) is 5.82 Å². The highest BCUT2D eigenvalue weighted by molar-refractivity contribution is 6.08. The number of hydrogen-bond acceptors (Lipinski definition) is 3. The maximum absolute atomic E-state index is 12.6. The molecule has 0 saturated carbocycles. The number of aromatic nitrogens is 1. The number of pyridine rings is 1. The number of benzene rings is 1. The topological polar surface area (TPSA) is 45.2 Å². The molecule has 20 heavy (non-hydrogen) atoms. The van der Waals surface area contributed by atoms with Gasteiger partial charge in [0.25, 0.3) is 5.91 Å². The van der Waals surface area contributed by atoms with Crippen molar-refractivity contribution < 1.29 is 4.79 Å². The van der Waals surface area contributed by atoms with Gasteiger partial charge in [-0.2, -0.15) is 0 Å². The van der Waals surface area contributed by atoms with Crippen LogP contribution in [0.25, 0.3) is 0 Å². The van der Waals surface area contributed by atoms with Gasteiger partial charge in [0, 0.05) is 25.0 Å². The number of carbonyl (C=O) groups is 1. The second-order valence-electron chi connectivity index (χ2n) is 4.90. The van der Waals surface area contributed by atoms with Crippen molar-refractivity contribution in [2.45, 2.75) is 19.9 Å². The van der Waals surface area contributed by atoms with E-state index in [0.29, 0.717) is 11.4 Å². The zero-order valence-corrected chi connectivity index (χ0v) is 12.0. The van der Waals surface area contributed by atoms with E-state index >= 15 is 0 Å². The lowest BCUT2D eigenvalue weighted by Gasteiger charge is -2.19. The van der Waals surface area contributed by atoms with E-state index in [0.717, 1.165) is 5.69 Å². The largest absolute Gasteiger partial charge is 0.367 e. The molecule has 1 N–H and O–H groups in total. The van der Waals surface area contributed by atoms with Crippen molar-refractivity contribution in [2.75, 3.05) is 17.3 Å². The molecule has 1 aromatic carbocycles. The lowest BCUT2D eigenvalue weighted by molar-refractivity contribution is 0.0993. The summed E-state index contributed by atoms with van der Waals surface area (Å²) in [5.74, 6) is 0.544. The molecular weight excluding hydrogens is 250 g/mol. The Balaban J connectivity index is 2.29. The van der Waals surface area contributed by atoms with E-state index < -0.39 is 0 Å². The Morgan fingerprint density at radius 3 is 2.50 bits per heavy atom. The van der Waals surface area contributed by atoms with Gasteiger partial charge in [-0.15, -0.1) is 0 Å². The van der Waals surface area contributed by atoms with Crippen LogP contribution in [0.1, 0.15) is 24.2 Å². The van der Waals surface area contributed by atoms with Crippen molar-refractivity contribution in [2.24, 2.45) is 0 Å². The zero-order valence-electron chi connectivity index (χ0n) is 12.0. The highest BCUT2D eigenvalue weighted by atomic mass is 16.2. The molecule has 0 bridgehead atoms. The summed E-state index contributed by atoms with van der Waals surface area (Å²) >= 11 is 0. The van der Waals surface area contributed by atoms with Crippen molar-refractivity contribution in [1.29, 1.82) is 0 Å². The minimum absolute atomic E-state index is 0.0764. The Labute approximate surface area is 119 Å². The Morgan fingerprint density at radius 2 is 1.85 bits per heavy atom. The van der Waals surface area contributed by atoms with Gasteiger partial charge in [0.2, 0.25) is 0 Å². The Bertz CT molecular complexity index is 581. The summed E-state index contributed by atoms with van der Waals surface area (Å²) < 4.78 is 0. The van der Waals surface area contributed by atoms with Gasteiger partial charge < -0.3 is 10.2 Å². The molecule has 2 aromatic rings. The summed E-state index contributed by atoms with van der Waals surface area (Å²) in [6, 6.07) is 13.4. The normalized spacial score (nSPS) is 10.4. The lowest BCUT2D eigenvalue weighted by atomic mass is 10.2. The predicted molar refractivity (Wildman–Crippen MR) is 82.2 cm³/mol. The van der Waals surface area contributed by atoms with Crippen molar-refractivity contribution >= 4 is 17.4 Å². The summed E-state index contributed by atoms with van der Waals surface area (Å²) in [6.07, 6.45) is 1.68. The first-order valence-corrected chi connectivity index (χ1v) is 6.64. The molecule has 0 aliphatic carbocycles. The first-order valence-electron chi connectivity index (χ1n) is 6.64. The quantitative estimate of drug-likeness (QED) is 0.927. The second-order valence-corrected chi connectivity index (χ2v) is 4.90. The zero-order chi connectivity index (χ0) is 14.5. The number of para-hydroxylation sites is 1. The molecule has 0 radical (unpaired) electrons. The van der Waals surface area contributed by atoms with Crippen LogP contribution in [0.2, 0.25) is 0 Å². The smallest absolute Gasteiger partial charge is 0.261 e. The third-order valence-corrected chi connectivity index (χ3v) is 2.91. The molecule has 104 valence electrons. The number of amides is 1. The molecule has 1 aromatic heterocycles. The average Bonchev–Trinajstić information content (AvgIpc) is 2.46. The van der Waals surface area contributed by atoms with E-state index in [9.17, 15) is 4.79 Å². The average molecular weight is 269 g/mol. The van der Waals surface area contributed by atoms with Crippen molar-refractivity contribution in [3.05, 3.63) is 54.2 Å². The van der Waals surface area contributed by atoms with Crippen molar-refractivity contribution in [1.82, 2.24) is 4.98 Å². The van der Waals surface area contributed by atoms with E-state index in [1.165, 1.54) is 0 Å². The fraction of sp³-hybridized carbons (Fsp3) is 0.250. The van der Waals surface area contributed by atoms with Crippen LogP contribution in [0, 0.1) is 0 Å². The van der Waals surface area contributed by atoms with Gasteiger partial charge in [0.05, 0.1) is 5.56 Å². The highest BCUT2D eigenvalue weighted by Crippen LogP contribution is 2.19. The van der Waals surface area contributed by atoms with Gasteiger partial charge >= 0.3 is 0 Å². The van der Waals surface area contributed by atoms with Crippen LogP contribution in [0.5, 0.6) is 0 Å². The van der Waals surface area contributed by atoms with Crippen LogP contribution in [0.4, 0.5) is 11.5 Å². The third-order valence-electron chi connectivity index (χ3n) is 2.91. The molecule has 0 aliphatic rings. The number of rotatable bonds is 4. The van der Waals surface area contributed by atoms with Crippen LogP contribution < -0.4 is 10.2 Å². The van der Waals surface area contributed by atoms with Gasteiger partial charge in [-0.05, 0) is 38.1 Å². The molecule has 4 heteroatoms. The maximum atomic E-state index is 12.6. The monoisotopic (exact) mass is 269 g/mol. The number of carbonyl (C=O) groups excluding carboxylic acids is 1. The standard InChI is InChI=1S/C16H19N3O/c1-12(2)18-15-14(10-7-11-17-15)16(20)19(3)13-8-5-4-6-9-13/h4-12H,1-3H3,(H,17,18). The van der Waals surface area contributed by atoms with E-state index in [1.807, 2.05) is 44.2 Å². The van der Waals surface area contributed by atoms with Gasteiger partial charge in [-0.3, -0.25) is 4.79 Å². The Kier molecular flexibility index (Phi) is 4.35. The minimum Gasteiger partial charge on any atom is -0.367 e. The van der Waals surface area contributed by atoms with E-state index in [2.05, 4.69) is 10.3 Å². The van der Waals surface area contributed by atoms with E-state index in [4.69, 9.17) is 0 Å². The lowest BCUT2D eigenvalue weighted by Crippen LogP contribution is -2.28. The molecular formula is C16H19N3O. The third kappa shape index (κ3) is 3.15. The summed E-state index contributed by atoms with van der Waals surface area (Å²) in [5.41, 5.74) is 1.43. The maximum Gasteiger partial charge on any atom is 0.261 e. The molecule has 0 atom stereocenters. The molecule has 0 spiro atoms. The van der Waals surface area contributed by atoms with Gasteiger partial charge in [-0.25, -0.2) is 4.98 Å². The van der Waals surface area contributed by atoms with Crippen molar-refractivity contribution in [3.8, 4) is 0 Å². The number of hydrogen-bond donors (Lipinski definition) is 1. The number of nitrogens with zero attached hydrogens (tertiary/aromatic N) is 2. The molecule has 0 saturated heterocycles. The number of nitrogens with one attached hydrogen (secondary N) is 1. The molecule has 4 nitrogen and oxygen atoms in total. The highest BCUT2D eigenvalue weighted by Gasteiger charge is 2.17. The van der Waals surface area contributed by atoms with Gasteiger partial charge in [0.15, 0.2) is 0 Å². The van der Waals surface area contributed by atoms with Crippen LogP contribution in [-0.4, -0.2) is 24.0 Å². The number of anilines is 2. The Morgan fingerprint density at radius 1 is 1.15 bits per heavy atom. The molecule has 0 fully saturated rings. The first kappa shape index (κ1) is 14.1. The predicted octanol–water partition coefficient (Wildman–Crippen LogP) is 3.18. The Hall–Kier alpha value is -2.36. The van der Waals surface area contributed by atoms with Crippen LogP contribution in [0.3, 0.4) is 0 Å². The molecule has 0 unspecified atom stereocenters. The molecule has 1 amide bonds. The first-order chi connectivity index (χ1) is 9.59. The summed E-state index contributed by atoms with van der Waals surface area (Å²) in [7, 11) is 1.77. The van der Waals surface area contributed by atoms with Crippen LogP contribution >= 0.6 is 0 Å². The minimum atomic E-state index is -0.0764. The molecule has 2 rings (SSSR count). The van der Waals surface area contributed by atoms with Crippen molar-refractivity contribution in [3.63, 3.8) is 0 Å². The van der Waals surface area contributed by atoms with E-state index in [-0.39, 0.29) is 11.9 Å². The van der Waals surface area contributed by atoms with Gasteiger partial charge in [-0.1, -0.05) is 18.2 Å². The summed E-state index contributed by atoms with van der Waals surface area (Å²) in [4.78, 5) is 18.5.